The summed E-state index contributed by atoms with van der Waals surface area (Å²) < 4.78 is 1.74. The van der Waals surface area contributed by atoms with Crippen LogP contribution in [0.2, 0.25) is 0 Å². The molecule has 0 radical (unpaired) electrons. The molecule has 0 spiro atoms. The van der Waals surface area contributed by atoms with Crippen LogP contribution in [0.15, 0.2) is 6.33 Å². The summed E-state index contributed by atoms with van der Waals surface area (Å²) in [6.45, 7) is 0.736. The highest BCUT2D eigenvalue weighted by molar-refractivity contribution is 6.17. The molecule has 84 valence electrons. The molecule has 0 N–H and O–H groups in total. The second-order valence-corrected chi connectivity index (χ2v) is 3.84. The molecule has 16 heavy (non-hydrogen) atoms. The lowest BCUT2D eigenvalue weighted by Crippen LogP contribution is -2.00. The number of nitriles is 2. The predicted octanol–water partition coefficient (Wildman–Crippen LogP) is 2.43. The minimum Gasteiger partial charge on any atom is -0.321 e. The molecule has 1 heterocycles. The van der Waals surface area contributed by atoms with Gasteiger partial charge < -0.3 is 4.57 Å². The molecule has 0 aromatic carbocycles. The number of hydrogen-bond acceptors (Lipinski definition) is 3. The van der Waals surface area contributed by atoms with Crippen molar-refractivity contribution in [2.45, 2.75) is 32.2 Å². The van der Waals surface area contributed by atoms with Crippen molar-refractivity contribution in [3.05, 3.63) is 17.7 Å². The van der Waals surface area contributed by atoms with E-state index in [2.05, 4.69) is 4.98 Å². The van der Waals surface area contributed by atoms with Crippen molar-refractivity contribution in [3.63, 3.8) is 0 Å². The molecule has 1 rings (SSSR count). The maximum atomic E-state index is 8.88. The Hall–Kier alpha value is -1.52. The number of imidazole rings is 1. The summed E-state index contributed by atoms with van der Waals surface area (Å²) in [7, 11) is 0. The van der Waals surface area contributed by atoms with E-state index in [1.54, 1.807) is 10.9 Å². The number of halogens is 1. The van der Waals surface area contributed by atoms with Crippen molar-refractivity contribution in [1.29, 1.82) is 10.5 Å². The van der Waals surface area contributed by atoms with Crippen LogP contribution < -0.4 is 0 Å². The Morgan fingerprint density at radius 2 is 1.94 bits per heavy atom. The fourth-order valence-electron chi connectivity index (χ4n) is 1.48. The third kappa shape index (κ3) is 3.25. The molecule has 0 fully saturated rings. The normalized spacial score (nSPS) is 9.69. The van der Waals surface area contributed by atoms with Gasteiger partial charge in [-0.25, -0.2) is 4.98 Å². The third-order valence-corrected chi connectivity index (χ3v) is 2.60. The lowest BCUT2D eigenvalue weighted by Gasteiger charge is -2.02. The van der Waals surface area contributed by atoms with Crippen LogP contribution in [0.25, 0.3) is 0 Å². The number of nitrogens with zero attached hydrogens (tertiary/aromatic N) is 4. The van der Waals surface area contributed by atoms with Crippen molar-refractivity contribution in [3.8, 4) is 12.1 Å². The molecular weight excluding hydrogens is 224 g/mol. The van der Waals surface area contributed by atoms with Crippen LogP contribution in [0.5, 0.6) is 0 Å². The van der Waals surface area contributed by atoms with Gasteiger partial charge in [0.2, 0.25) is 0 Å². The lowest BCUT2D eigenvalue weighted by atomic mass is 10.2. The highest BCUT2D eigenvalue weighted by Crippen LogP contribution is 2.08. The fourth-order valence-corrected chi connectivity index (χ4v) is 1.67. The van der Waals surface area contributed by atoms with Gasteiger partial charge in [0.15, 0.2) is 11.4 Å². The summed E-state index contributed by atoms with van der Waals surface area (Å²) >= 11 is 5.57. The van der Waals surface area contributed by atoms with Gasteiger partial charge in [-0.15, -0.1) is 11.6 Å². The van der Waals surface area contributed by atoms with E-state index in [4.69, 9.17) is 22.1 Å². The van der Waals surface area contributed by atoms with Crippen LogP contribution in [0, 0.1) is 22.7 Å². The zero-order chi connectivity index (χ0) is 11.8. The molecule has 0 aliphatic rings. The van der Waals surface area contributed by atoms with Gasteiger partial charge in [-0.1, -0.05) is 12.8 Å². The topological polar surface area (TPSA) is 65.4 Å². The Labute approximate surface area is 100 Å². The van der Waals surface area contributed by atoms with Gasteiger partial charge >= 0.3 is 0 Å². The Balaban J connectivity index is 2.46. The minimum atomic E-state index is 0.211. The van der Waals surface area contributed by atoms with Gasteiger partial charge in [0.1, 0.15) is 12.1 Å². The molecule has 4 nitrogen and oxygen atoms in total. The molecule has 0 amide bonds. The summed E-state index contributed by atoms with van der Waals surface area (Å²) in [6.07, 6.45) is 5.74. The fraction of sp³-hybridized carbons (Fsp3) is 0.545. The number of alkyl halides is 1. The first kappa shape index (κ1) is 12.5. The molecule has 0 unspecified atom stereocenters. The van der Waals surface area contributed by atoms with E-state index in [0.29, 0.717) is 11.6 Å². The summed E-state index contributed by atoms with van der Waals surface area (Å²) in [5.74, 6) is 0.701. The standard InChI is InChI=1S/C11H13ClN4/c12-5-3-1-2-4-6-16-9-15-10(7-13)11(16)8-14/h9H,1-6H2. The number of hydrogen-bond donors (Lipinski definition) is 0. The first-order chi connectivity index (χ1) is 7.83. The van der Waals surface area contributed by atoms with Gasteiger partial charge in [-0.2, -0.15) is 10.5 Å². The van der Waals surface area contributed by atoms with E-state index in [9.17, 15) is 0 Å². The van der Waals surface area contributed by atoms with Crippen LogP contribution in [-0.4, -0.2) is 15.4 Å². The van der Waals surface area contributed by atoms with Crippen LogP contribution in [0.4, 0.5) is 0 Å². The second-order valence-electron chi connectivity index (χ2n) is 3.46. The van der Waals surface area contributed by atoms with E-state index in [1.165, 1.54) is 0 Å². The molecule has 0 saturated heterocycles. The van der Waals surface area contributed by atoms with E-state index in [1.807, 2.05) is 12.1 Å². The monoisotopic (exact) mass is 236 g/mol. The van der Waals surface area contributed by atoms with Crippen molar-refractivity contribution in [1.82, 2.24) is 9.55 Å². The molecule has 0 saturated carbocycles. The number of rotatable bonds is 6. The van der Waals surface area contributed by atoms with Crippen LogP contribution in [0.1, 0.15) is 37.1 Å². The van der Waals surface area contributed by atoms with E-state index in [-0.39, 0.29) is 5.69 Å². The van der Waals surface area contributed by atoms with Crippen molar-refractivity contribution in [2.24, 2.45) is 0 Å². The van der Waals surface area contributed by atoms with E-state index in [0.717, 1.165) is 32.2 Å². The molecule has 1 aromatic rings. The first-order valence-corrected chi connectivity index (χ1v) is 5.78. The summed E-state index contributed by atoms with van der Waals surface area (Å²) in [5, 5.41) is 17.6. The summed E-state index contributed by atoms with van der Waals surface area (Å²) in [4.78, 5) is 3.88. The Morgan fingerprint density at radius 3 is 2.56 bits per heavy atom. The Bertz CT molecular complexity index is 411. The highest BCUT2D eigenvalue weighted by Gasteiger charge is 2.08. The smallest absolute Gasteiger partial charge is 0.176 e. The Morgan fingerprint density at radius 1 is 1.19 bits per heavy atom. The SMILES string of the molecule is N#Cc1ncn(CCCCCCCl)c1C#N. The largest absolute Gasteiger partial charge is 0.321 e. The summed E-state index contributed by atoms with van der Waals surface area (Å²) in [6, 6.07) is 3.91. The van der Waals surface area contributed by atoms with Crippen LogP contribution >= 0.6 is 11.6 Å². The maximum Gasteiger partial charge on any atom is 0.176 e. The van der Waals surface area contributed by atoms with Gasteiger partial charge in [-0.3, -0.25) is 0 Å². The third-order valence-electron chi connectivity index (χ3n) is 2.33. The average molecular weight is 237 g/mol. The highest BCUT2D eigenvalue weighted by atomic mass is 35.5. The second kappa shape index (κ2) is 6.87. The van der Waals surface area contributed by atoms with Gasteiger partial charge in [0.25, 0.3) is 0 Å². The molecule has 5 heteroatoms. The van der Waals surface area contributed by atoms with Crippen LogP contribution in [0.3, 0.4) is 0 Å². The van der Waals surface area contributed by atoms with E-state index >= 15 is 0 Å². The molecule has 0 atom stereocenters. The number of unbranched alkanes of at least 4 members (excludes halogenated alkanes) is 3. The molecule has 0 bridgehead atoms. The number of aryl methyl sites for hydroxylation is 1. The van der Waals surface area contributed by atoms with Gasteiger partial charge in [0.05, 0.1) is 6.33 Å². The molecule has 0 aliphatic carbocycles. The first-order valence-electron chi connectivity index (χ1n) is 5.24. The molecular formula is C11H13ClN4. The quantitative estimate of drug-likeness (QED) is 0.563. The molecule has 1 aromatic heterocycles. The summed E-state index contributed by atoms with van der Waals surface area (Å²) in [5.41, 5.74) is 0.572. The Kier molecular flexibility index (Phi) is 5.39. The zero-order valence-corrected chi connectivity index (χ0v) is 9.74. The van der Waals surface area contributed by atoms with Gasteiger partial charge in [0, 0.05) is 12.4 Å². The lowest BCUT2D eigenvalue weighted by molar-refractivity contribution is 0.580. The predicted molar refractivity (Wildman–Crippen MR) is 60.8 cm³/mol. The van der Waals surface area contributed by atoms with Gasteiger partial charge in [-0.05, 0) is 12.8 Å². The average Bonchev–Trinajstić information content (AvgIpc) is 2.71. The van der Waals surface area contributed by atoms with E-state index < -0.39 is 0 Å². The van der Waals surface area contributed by atoms with Crippen LogP contribution in [-0.2, 0) is 6.54 Å². The zero-order valence-electron chi connectivity index (χ0n) is 8.99. The van der Waals surface area contributed by atoms with Crippen molar-refractivity contribution >= 4 is 11.6 Å². The molecule has 0 aliphatic heterocycles. The minimum absolute atomic E-state index is 0.211. The maximum absolute atomic E-state index is 8.88. The number of aromatic nitrogens is 2. The van der Waals surface area contributed by atoms with Crippen molar-refractivity contribution in [2.75, 3.05) is 5.88 Å². The van der Waals surface area contributed by atoms with Crippen molar-refractivity contribution < 1.29 is 0 Å².